The van der Waals surface area contributed by atoms with Crippen LogP contribution in [0.2, 0.25) is 0 Å². The second-order valence-corrected chi connectivity index (χ2v) is 3.04. The molecular formula is C10H11NO3. The molecule has 0 bridgehead atoms. The molecule has 14 heavy (non-hydrogen) atoms. The Morgan fingerprint density at radius 2 is 2.14 bits per heavy atom. The van der Waals surface area contributed by atoms with Crippen LogP contribution in [-0.2, 0) is 0 Å². The number of nitro groups is 1. The number of rotatable bonds is 3. The highest BCUT2D eigenvalue weighted by atomic mass is 16.6. The van der Waals surface area contributed by atoms with Crippen LogP contribution in [0.1, 0.15) is 29.3 Å². The maximum absolute atomic E-state index is 11.3. The molecular weight excluding hydrogens is 182 g/mol. The van der Waals surface area contributed by atoms with Crippen LogP contribution in [-0.4, -0.2) is 10.7 Å². The van der Waals surface area contributed by atoms with Crippen LogP contribution in [0.4, 0.5) is 5.69 Å². The molecule has 0 saturated carbocycles. The summed E-state index contributed by atoms with van der Waals surface area (Å²) in [4.78, 5) is 21.4. The molecule has 0 aliphatic rings. The summed E-state index contributed by atoms with van der Waals surface area (Å²) in [6.07, 6.45) is 0.361. The van der Waals surface area contributed by atoms with Crippen LogP contribution in [0.25, 0.3) is 0 Å². The quantitative estimate of drug-likeness (QED) is 0.421. The minimum atomic E-state index is -0.470. The predicted molar refractivity (Wildman–Crippen MR) is 52.5 cm³/mol. The lowest BCUT2D eigenvalue weighted by molar-refractivity contribution is -0.385. The molecule has 0 aromatic heterocycles. The van der Waals surface area contributed by atoms with Gasteiger partial charge in [-0.1, -0.05) is 19.1 Å². The Bertz CT molecular complexity index is 385. The third-order valence-corrected chi connectivity index (χ3v) is 2.05. The van der Waals surface area contributed by atoms with Gasteiger partial charge in [-0.2, -0.15) is 0 Å². The van der Waals surface area contributed by atoms with Crippen LogP contribution >= 0.6 is 0 Å². The second-order valence-electron chi connectivity index (χ2n) is 3.04. The van der Waals surface area contributed by atoms with E-state index in [1.165, 1.54) is 6.07 Å². The predicted octanol–water partition coefficient (Wildman–Crippen LogP) is 2.50. The zero-order valence-corrected chi connectivity index (χ0v) is 8.11. The lowest BCUT2D eigenvalue weighted by atomic mass is 10.1. The molecule has 0 fully saturated rings. The lowest BCUT2D eigenvalue weighted by Crippen LogP contribution is -1.99. The summed E-state index contributed by atoms with van der Waals surface area (Å²) >= 11 is 0. The lowest BCUT2D eigenvalue weighted by Gasteiger charge is -2.00. The minimum Gasteiger partial charge on any atom is -0.294 e. The monoisotopic (exact) mass is 193 g/mol. The van der Waals surface area contributed by atoms with Crippen molar-refractivity contribution >= 4 is 11.5 Å². The number of benzene rings is 1. The second kappa shape index (κ2) is 4.00. The van der Waals surface area contributed by atoms with Crippen molar-refractivity contribution in [3.05, 3.63) is 39.4 Å². The van der Waals surface area contributed by atoms with E-state index in [0.29, 0.717) is 17.5 Å². The molecule has 0 aliphatic carbocycles. The summed E-state index contributed by atoms with van der Waals surface area (Å²) in [7, 11) is 0. The molecule has 0 atom stereocenters. The van der Waals surface area contributed by atoms with Gasteiger partial charge in [-0.3, -0.25) is 14.9 Å². The Kier molecular flexibility index (Phi) is 2.96. The van der Waals surface area contributed by atoms with Crippen LogP contribution in [0, 0.1) is 17.0 Å². The Labute approximate surface area is 81.7 Å². The van der Waals surface area contributed by atoms with E-state index in [1.807, 2.05) is 0 Å². The Morgan fingerprint density at radius 3 is 2.64 bits per heavy atom. The first-order valence-electron chi connectivity index (χ1n) is 4.34. The van der Waals surface area contributed by atoms with Gasteiger partial charge in [0.15, 0.2) is 5.78 Å². The molecule has 0 heterocycles. The number of carbonyl (C=O) groups excluding carboxylic acids is 1. The SMILES string of the molecule is CCC(=O)c1ccc(C)c([N+](=O)[O-])c1. The van der Waals surface area contributed by atoms with Crippen LogP contribution < -0.4 is 0 Å². The first kappa shape index (κ1) is 10.4. The van der Waals surface area contributed by atoms with Crippen LogP contribution in [0.15, 0.2) is 18.2 Å². The molecule has 0 spiro atoms. The fourth-order valence-electron chi connectivity index (χ4n) is 1.18. The number of hydrogen-bond donors (Lipinski definition) is 0. The van der Waals surface area contributed by atoms with E-state index in [0.717, 1.165) is 0 Å². The molecule has 1 rings (SSSR count). The Balaban J connectivity index is 3.19. The van der Waals surface area contributed by atoms with Crippen molar-refractivity contribution in [2.24, 2.45) is 0 Å². The van der Waals surface area contributed by atoms with E-state index < -0.39 is 4.92 Å². The van der Waals surface area contributed by atoms with Crippen LogP contribution in [0.3, 0.4) is 0 Å². The summed E-state index contributed by atoms with van der Waals surface area (Å²) < 4.78 is 0. The number of aryl methyl sites for hydroxylation is 1. The van der Waals surface area contributed by atoms with Gasteiger partial charge in [-0.05, 0) is 6.92 Å². The molecule has 4 nitrogen and oxygen atoms in total. The third kappa shape index (κ3) is 1.96. The number of hydrogen-bond acceptors (Lipinski definition) is 3. The van der Waals surface area contributed by atoms with Crippen molar-refractivity contribution in [3.63, 3.8) is 0 Å². The normalized spacial score (nSPS) is 9.86. The minimum absolute atomic E-state index is 0.00398. The number of carbonyl (C=O) groups is 1. The highest BCUT2D eigenvalue weighted by Gasteiger charge is 2.13. The first-order chi connectivity index (χ1) is 6.56. The van der Waals surface area contributed by atoms with Crippen molar-refractivity contribution in [1.82, 2.24) is 0 Å². The number of Topliss-reactive ketones (excluding diaryl/α,β-unsaturated/α-hetero) is 1. The highest BCUT2D eigenvalue weighted by Crippen LogP contribution is 2.19. The van der Waals surface area contributed by atoms with E-state index >= 15 is 0 Å². The standard InChI is InChI=1S/C10H11NO3/c1-3-10(12)8-5-4-7(2)9(6-8)11(13)14/h4-6H,3H2,1-2H3. The Morgan fingerprint density at radius 1 is 1.50 bits per heavy atom. The molecule has 4 heteroatoms. The van der Waals surface area contributed by atoms with Crippen molar-refractivity contribution < 1.29 is 9.72 Å². The average Bonchev–Trinajstić information content (AvgIpc) is 2.17. The topological polar surface area (TPSA) is 60.2 Å². The number of nitrogens with zero attached hydrogens (tertiary/aromatic N) is 1. The molecule has 0 saturated heterocycles. The summed E-state index contributed by atoms with van der Waals surface area (Å²) in [5, 5.41) is 10.6. The average molecular weight is 193 g/mol. The van der Waals surface area contributed by atoms with E-state index in [9.17, 15) is 14.9 Å². The zero-order valence-electron chi connectivity index (χ0n) is 8.11. The van der Waals surface area contributed by atoms with Gasteiger partial charge in [0.1, 0.15) is 0 Å². The molecule has 0 radical (unpaired) electrons. The van der Waals surface area contributed by atoms with Crippen LogP contribution in [0.5, 0.6) is 0 Å². The van der Waals surface area contributed by atoms with Gasteiger partial charge in [-0.15, -0.1) is 0 Å². The zero-order chi connectivity index (χ0) is 10.7. The number of nitro benzene ring substituents is 1. The van der Waals surface area contributed by atoms with Crippen molar-refractivity contribution in [1.29, 1.82) is 0 Å². The van der Waals surface area contributed by atoms with Gasteiger partial charge >= 0.3 is 0 Å². The maximum atomic E-state index is 11.3. The summed E-state index contributed by atoms with van der Waals surface area (Å²) in [6, 6.07) is 4.55. The van der Waals surface area contributed by atoms with Gasteiger partial charge in [0, 0.05) is 23.6 Å². The molecule has 1 aromatic rings. The van der Waals surface area contributed by atoms with E-state index in [-0.39, 0.29) is 11.5 Å². The summed E-state index contributed by atoms with van der Waals surface area (Å²) in [5.74, 6) is -0.0758. The van der Waals surface area contributed by atoms with Gasteiger partial charge < -0.3 is 0 Å². The van der Waals surface area contributed by atoms with E-state index in [2.05, 4.69) is 0 Å². The van der Waals surface area contributed by atoms with Crippen molar-refractivity contribution in [3.8, 4) is 0 Å². The third-order valence-electron chi connectivity index (χ3n) is 2.05. The fourth-order valence-corrected chi connectivity index (χ4v) is 1.18. The summed E-state index contributed by atoms with van der Waals surface area (Å²) in [6.45, 7) is 3.38. The summed E-state index contributed by atoms with van der Waals surface area (Å²) in [5.41, 5.74) is 0.983. The first-order valence-corrected chi connectivity index (χ1v) is 4.34. The van der Waals surface area contributed by atoms with E-state index in [1.54, 1.807) is 26.0 Å². The molecule has 0 N–H and O–H groups in total. The van der Waals surface area contributed by atoms with E-state index in [4.69, 9.17) is 0 Å². The van der Waals surface area contributed by atoms with Gasteiger partial charge in [0.2, 0.25) is 0 Å². The van der Waals surface area contributed by atoms with Crippen molar-refractivity contribution in [2.75, 3.05) is 0 Å². The highest BCUT2D eigenvalue weighted by molar-refractivity contribution is 5.96. The molecule has 74 valence electrons. The Hall–Kier alpha value is -1.71. The maximum Gasteiger partial charge on any atom is 0.273 e. The van der Waals surface area contributed by atoms with Crippen molar-refractivity contribution in [2.45, 2.75) is 20.3 Å². The van der Waals surface area contributed by atoms with Gasteiger partial charge in [-0.25, -0.2) is 0 Å². The smallest absolute Gasteiger partial charge is 0.273 e. The molecule has 0 amide bonds. The largest absolute Gasteiger partial charge is 0.294 e. The van der Waals surface area contributed by atoms with Gasteiger partial charge in [0.25, 0.3) is 5.69 Å². The van der Waals surface area contributed by atoms with Gasteiger partial charge in [0.05, 0.1) is 4.92 Å². The molecule has 1 aromatic carbocycles. The number of ketones is 1. The molecule has 0 unspecified atom stereocenters. The molecule has 0 aliphatic heterocycles. The fraction of sp³-hybridized carbons (Fsp3) is 0.300.